The van der Waals surface area contributed by atoms with E-state index in [4.69, 9.17) is 14.7 Å². The van der Waals surface area contributed by atoms with E-state index in [1.54, 1.807) is 0 Å². The molecule has 162 valence electrons. The summed E-state index contributed by atoms with van der Waals surface area (Å²) in [4.78, 5) is 24.3. The Morgan fingerprint density at radius 1 is 1.10 bits per heavy atom. The Morgan fingerprint density at radius 2 is 1.84 bits per heavy atom. The molecular formula is C24H28N4O2S. The van der Waals surface area contributed by atoms with Crippen LogP contribution in [0.5, 0.6) is 0 Å². The predicted octanol–water partition coefficient (Wildman–Crippen LogP) is 3.47. The normalized spacial score (nSPS) is 15.6. The van der Waals surface area contributed by atoms with E-state index >= 15 is 0 Å². The highest BCUT2D eigenvalue weighted by Gasteiger charge is 2.15. The fraction of sp³-hybridized carbons (Fsp3) is 0.375. The van der Waals surface area contributed by atoms with Crippen LogP contribution in [0.3, 0.4) is 0 Å². The molecule has 2 heterocycles. The first kappa shape index (κ1) is 21.7. The molecular weight excluding hydrogens is 408 g/mol. The molecule has 0 aliphatic carbocycles. The topological polar surface area (TPSA) is 67.4 Å². The smallest absolute Gasteiger partial charge is 0.230 e. The summed E-state index contributed by atoms with van der Waals surface area (Å²) in [7, 11) is 0. The Bertz CT molecular complexity index is 1010. The third-order valence-electron chi connectivity index (χ3n) is 5.40. The van der Waals surface area contributed by atoms with Gasteiger partial charge in [-0.3, -0.25) is 9.69 Å². The molecule has 3 aromatic rings. The number of hydrogen-bond donors (Lipinski definition) is 1. The van der Waals surface area contributed by atoms with Crippen molar-refractivity contribution in [3.8, 4) is 0 Å². The fourth-order valence-electron chi connectivity index (χ4n) is 3.58. The highest BCUT2D eigenvalue weighted by atomic mass is 32.2. The Morgan fingerprint density at radius 3 is 2.65 bits per heavy atom. The molecule has 4 rings (SSSR count). The van der Waals surface area contributed by atoms with Crippen molar-refractivity contribution in [2.75, 3.05) is 38.6 Å². The van der Waals surface area contributed by atoms with E-state index in [0.717, 1.165) is 48.1 Å². The van der Waals surface area contributed by atoms with Gasteiger partial charge in [-0.2, -0.15) is 0 Å². The quantitative estimate of drug-likeness (QED) is 0.431. The average Bonchev–Trinajstić information content (AvgIpc) is 2.82. The highest BCUT2D eigenvalue weighted by Crippen LogP contribution is 2.25. The number of carbonyl (C=O) groups is 1. The van der Waals surface area contributed by atoms with Gasteiger partial charge in [0.05, 0.1) is 31.0 Å². The van der Waals surface area contributed by atoms with Gasteiger partial charge in [0, 0.05) is 25.0 Å². The van der Waals surface area contributed by atoms with Crippen LogP contribution in [0.4, 0.5) is 0 Å². The summed E-state index contributed by atoms with van der Waals surface area (Å²) in [6.45, 7) is 6.71. The lowest BCUT2D eigenvalue weighted by Crippen LogP contribution is -2.36. The van der Waals surface area contributed by atoms with Gasteiger partial charge in [-0.1, -0.05) is 67.2 Å². The van der Waals surface area contributed by atoms with Gasteiger partial charge < -0.3 is 10.1 Å². The lowest BCUT2D eigenvalue weighted by molar-refractivity contribution is -0.118. The van der Waals surface area contributed by atoms with Crippen molar-refractivity contribution in [3.63, 3.8) is 0 Å². The molecule has 31 heavy (non-hydrogen) atoms. The van der Waals surface area contributed by atoms with Gasteiger partial charge in [0.15, 0.2) is 0 Å². The lowest BCUT2D eigenvalue weighted by Gasteiger charge is -2.25. The van der Waals surface area contributed by atoms with Crippen LogP contribution in [-0.4, -0.2) is 59.4 Å². The Balaban J connectivity index is 1.39. The number of ether oxygens (including phenoxy) is 1. The molecule has 1 saturated heterocycles. The largest absolute Gasteiger partial charge is 0.379 e. The summed E-state index contributed by atoms with van der Waals surface area (Å²) < 4.78 is 5.43. The van der Waals surface area contributed by atoms with Crippen LogP contribution >= 0.6 is 11.8 Å². The zero-order chi connectivity index (χ0) is 21.5. The minimum absolute atomic E-state index is 0.0187. The van der Waals surface area contributed by atoms with Gasteiger partial charge in [0.1, 0.15) is 10.9 Å². The average molecular weight is 437 g/mol. The molecule has 1 aliphatic rings. The molecule has 6 nitrogen and oxygen atoms in total. The van der Waals surface area contributed by atoms with E-state index in [2.05, 4.69) is 29.3 Å². The van der Waals surface area contributed by atoms with E-state index in [0.29, 0.717) is 18.8 Å². The number of nitrogens with one attached hydrogen (secondary N) is 1. The molecule has 1 unspecified atom stereocenters. The van der Waals surface area contributed by atoms with Gasteiger partial charge in [-0.25, -0.2) is 9.97 Å². The van der Waals surface area contributed by atoms with Crippen LogP contribution in [0.15, 0.2) is 59.6 Å². The van der Waals surface area contributed by atoms with Gasteiger partial charge in [-0.05, 0) is 17.5 Å². The number of aromatic nitrogens is 2. The Labute approximate surface area is 187 Å². The number of carbonyl (C=O) groups excluding carboxylic acids is 1. The first-order valence-electron chi connectivity index (χ1n) is 10.7. The van der Waals surface area contributed by atoms with Crippen LogP contribution in [-0.2, 0) is 16.1 Å². The zero-order valence-corrected chi connectivity index (χ0v) is 18.6. The van der Waals surface area contributed by atoms with E-state index in [1.807, 2.05) is 42.5 Å². The van der Waals surface area contributed by atoms with Gasteiger partial charge in [0.2, 0.25) is 5.91 Å². The first-order valence-corrected chi connectivity index (χ1v) is 11.7. The number of para-hydroxylation sites is 1. The molecule has 0 bridgehead atoms. The molecule has 1 N–H and O–H groups in total. The molecule has 1 atom stereocenters. The number of benzene rings is 2. The summed E-state index contributed by atoms with van der Waals surface area (Å²) in [5, 5.41) is 4.90. The van der Waals surface area contributed by atoms with Crippen LogP contribution in [0.1, 0.15) is 24.2 Å². The Hall–Kier alpha value is -2.48. The SMILES string of the molecule is CC(CNC(=O)CSc1nc(CN2CCOCC2)nc2ccccc12)c1ccccc1. The van der Waals surface area contributed by atoms with Gasteiger partial charge in [0.25, 0.3) is 0 Å². The van der Waals surface area contributed by atoms with Crippen LogP contribution in [0.25, 0.3) is 10.9 Å². The van der Waals surface area contributed by atoms with Gasteiger partial charge in [-0.15, -0.1) is 0 Å². The standard InChI is InChI=1S/C24H28N4O2S/c1-18(19-7-3-2-4-8-19)15-25-23(29)17-31-24-20-9-5-6-10-21(20)26-22(27-24)16-28-11-13-30-14-12-28/h2-10,18H,11-17H2,1H3,(H,25,29). The first-order chi connectivity index (χ1) is 15.2. The number of thioether (sulfide) groups is 1. The second-order valence-corrected chi connectivity index (χ2v) is 8.72. The number of fused-ring (bicyclic) bond motifs is 1. The maximum absolute atomic E-state index is 12.5. The number of morpholine rings is 1. The van der Waals surface area contributed by atoms with Crippen LogP contribution < -0.4 is 5.32 Å². The second kappa shape index (κ2) is 10.7. The molecule has 1 aliphatic heterocycles. The summed E-state index contributed by atoms with van der Waals surface area (Å²) >= 11 is 1.48. The maximum Gasteiger partial charge on any atom is 0.230 e. The van der Waals surface area contributed by atoms with Crippen molar-refractivity contribution in [1.82, 2.24) is 20.2 Å². The van der Waals surface area contributed by atoms with E-state index in [9.17, 15) is 4.79 Å². The third kappa shape index (κ3) is 6.03. The number of rotatable bonds is 8. The number of nitrogens with zero attached hydrogens (tertiary/aromatic N) is 3. The lowest BCUT2D eigenvalue weighted by atomic mass is 10.0. The van der Waals surface area contributed by atoms with Crippen molar-refractivity contribution in [2.24, 2.45) is 0 Å². The van der Waals surface area contributed by atoms with Crippen molar-refractivity contribution in [2.45, 2.75) is 24.4 Å². The van der Waals surface area contributed by atoms with Crippen molar-refractivity contribution >= 4 is 28.6 Å². The molecule has 0 radical (unpaired) electrons. The van der Waals surface area contributed by atoms with Crippen LogP contribution in [0, 0.1) is 0 Å². The molecule has 1 amide bonds. The molecule has 0 saturated carbocycles. The predicted molar refractivity (Wildman–Crippen MR) is 124 cm³/mol. The van der Waals surface area contributed by atoms with E-state index in [-0.39, 0.29) is 11.8 Å². The minimum Gasteiger partial charge on any atom is -0.379 e. The van der Waals surface area contributed by atoms with Crippen molar-refractivity contribution < 1.29 is 9.53 Å². The van der Waals surface area contributed by atoms with Gasteiger partial charge >= 0.3 is 0 Å². The molecule has 1 aromatic heterocycles. The zero-order valence-electron chi connectivity index (χ0n) is 17.8. The monoisotopic (exact) mass is 436 g/mol. The number of hydrogen-bond acceptors (Lipinski definition) is 6. The molecule has 2 aromatic carbocycles. The van der Waals surface area contributed by atoms with Crippen LogP contribution in [0.2, 0.25) is 0 Å². The summed E-state index contributed by atoms with van der Waals surface area (Å²) in [6.07, 6.45) is 0. The van der Waals surface area contributed by atoms with Crippen molar-refractivity contribution in [3.05, 3.63) is 66.0 Å². The third-order valence-corrected chi connectivity index (χ3v) is 6.39. The molecule has 0 spiro atoms. The summed E-state index contributed by atoms with van der Waals surface area (Å²) in [6, 6.07) is 18.2. The fourth-order valence-corrected chi connectivity index (χ4v) is 4.45. The maximum atomic E-state index is 12.5. The van der Waals surface area contributed by atoms with E-state index in [1.165, 1.54) is 17.3 Å². The highest BCUT2D eigenvalue weighted by molar-refractivity contribution is 8.00. The summed E-state index contributed by atoms with van der Waals surface area (Å²) in [5.74, 6) is 1.42. The summed E-state index contributed by atoms with van der Waals surface area (Å²) in [5.41, 5.74) is 2.14. The minimum atomic E-state index is 0.0187. The Kier molecular flexibility index (Phi) is 7.51. The number of amides is 1. The molecule has 7 heteroatoms. The van der Waals surface area contributed by atoms with E-state index < -0.39 is 0 Å². The van der Waals surface area contributed by atoms with Crippen molar-refractivity contribution in [1.29, 1.82) is 0 Å². The molecule has 1 fully saturated rings. The second-order valence-electron chi connectivity index (χ2n) is 7.76.